The van der Waals surface area contributed by atoms with E-state index in [1.807, 2.05) is 0 Å². The van der Waals surface area contributed by atoms with Crippen LogP contribution in [-0.4, -0.2) is 31.9 Å². The lowest BCUT2D eigenvalue weighted by atomic mass is 10.1. The van der Waals surface area contributed by atoms with Gasteiger partial charge in [-0.3, -0.25) is 4.72 Å². The second-order valence-corrected chi connectivity index (χ2v) is 9.68. The van der Waals surface area contributed by atoms with Crippen LogP contribution in [0.15, 0.2) is 39.3 Å². The second kappa shape index (κ2) is 9.43. The first-order valence-electron chi connectivity index (χ1n) is 7.70. The van der Waals surface area contributed by atoms with Gasteiger partial charge < -0.3 is 9.84 Å². The normalized spacial score (nSPS) is 12.5. The Hall–Kier alpha value is -1.36. The maximum Gasteiger partial charge on any atom is 0.338 e. The third kappa shape index (κ3) is 6.33. The van der Waals surface area contributed by atoms with Gasteiger partial charge in [-0.15, -0.1) is 0 Å². The van der Waals surface area contributed by atoms with Crippen molar-refractivity contribution in [3.8, 4) is 5.75 Å². The summed E-state index contributed by atoms with van der Waals surface area (Å²) in [6, 6.07) is 7.99. The number of halogens is 4. The van der Waals surface area contributed by atoms with E-state index in [0.29, 0.717) is 25.8 Å². The molecule has 11 heteroatoms. The molecule has 152 valence electrons. The summed E-state index contributed by atoms with van der Waals surface area (Å²) in [5, 5.41) is 8.89. The molecule has 2 aromatic carbocycles. The summed E-state index contributed by atoms with van der Waals surface area (Å²) in [6.45, 7) is 0.0372. The van der Waals surface area contributed by atoms with Gasteiger partial charge in [0.2, 0.25) is 16.2 Å². The van der Waals surface area contributed by atoms with Crippen molar-refractivity contribution < 1.29 is 27.4 Å². The lowest BCUT2D eigenvalue weighted by molar-refractivity contribution is -0.142. The summed E-state index contributed by atoms with van der Waals surface area (Å²) in [4.78, 5) is 10.7. The number of sulfonamides is 1. The van der Waals surface area contributed by atoms with E-state index < -0.39 is 22.2 Å². The molecule has 2 aromatic rings. The highest BCUT2D eigenvalue weighted by atomic mass is 79.9. The molecule has 6 nitrogen and oxygen atoms in total. The van der Waals surface area contributed by atoms with Gasteiger partial charge in [-0.1, -0.05) is 23.7 Å². The second-order valence-electron chi connectivity index (χ2n) is 5.84. The minimum absolute atomic E-state index is 0.0372. The Balaban J connectivity index is 2.19. The van der Waals surface area contributed by atoms with E-state index in [0.717, 1.165) is 6.26 Å². The first-order valence-corrected chi connectivity index (χ1v) is 11.6. The number of anilines is 1. The van der Waals surface area contributed by atoms with Crippen molar-refractivity contribution in [3.05, 3.63) is 55.4 Å². The van der Waals surface area contributed by atoms with E-state index >= 15 is 0 Å². The molecule has 0 aliphatic heterocycles. The molecule has 0 unspecified atom stereocenters. The summed E-state index contributed by atoms with van der Waals surface area (Å²) in [7, 11) is -3.48. The van der Waals surface area contributed by atoms with Gasteiger partial charge in [0.15, 0.2) is 0 Å². The van der Waals surface area contributed by atoms with Crippen molar-refractivity contribution in [3.63, 3.8) is 0 Å². The maximum absolute atomic E-state index is 13.4. The largest absolute Gasteiger partial charge is 0.486 e. The molecule has 0 aromatic heterocycles. The van der Waals surface area contributed by atoms with E-state index in [4.69, 9.17) is 21.4 Å². The zero-order chi connectivity index (χ0) is 21.1. The van der Waals surface area contributed by atoms with Gasteiger partial charge in [0.05, 0.1) is 25.9 Å². The Morgan fingerprint density at radius 1 is 1.32 bits per heavy atom. The minimum atomic E-state index is -3.48. The number of ether oxygens (including phenoxy) is 1. The minimum Gasteiger partial charge on any atom is -0.486 e. The fraction of sp³-hybridized carbons (Fsp3) is 0.235. The van der Waals surface area contributed by atoms with Crippen LogP contribution in [0.25, 0.3) is 0 Å². The van der Waals surface area contributed by atoms with Crippen molar-refractivity contribution in [1.82, 2.24) is 0 Å². The highest BCUT2D eigenvalue weighted by molar-refractivity contribution is 9.11. The number of hydrogen-bond donors (Lipinski definition) is 2. The Kier molecular flexibility index (Phi) is 7.72. The van der Waals surface area contributed by atoms with Crippen molar-refractivity contribution in [1.29, 1.82) is 0 Å². The Bertz CT molecular complexity index is 980. The molecule has 0 bridgehead atoms. The molecule has 0 aliphatic carbocycles. The smallest absolute Gasteiger partial charge is 0.338 e. The lowest BCUT2D eigenvalue weighted by Gasteiger charge is -2.15. The van der Waals surface area contributed by atoms with Gasteiger partial charge in [-0.2, -0.15) is 0 Å². The van der Waals surface area contributed by atoms with Gasteiger partial charge in [-0.25, -0.2) is 17.6 Å². The van der Waals surface area contributed by atoms with Crippen molar-refractivity contribution in [2.45, 2.75) is 19.2 Å². The molecule has 0 aliphatic rings. The molecule has 28 heavy (non-hydrogen) atoms. The van der Waals surface area contributed by atoms with Gasteiger partial charge in [0.25, 0.3) is 0 Å². The molecule has 0 fully saturated rings. The van der Waals surface area contributed by atoms with Crippen molar-refractivity contribution in [2.75, 3.05) is 11.0 Å². The summed E-state index contributed by atoms with van der Waals surface area (Å²) in [6.07, 6.45) is -1.26. The Labute approximate surface area is 183 Å². The summed E-state index contributed by atoms with van der Waals surface area (Å²) >= 11 is 12.9. The molecule has 0 saturated heterocycles. The monoisotopic (exact) mass is 557 g/mol. The van der Waals surface area contributed by atoms with E-state index in [1.54, 1.807) is 24.3 Å². The topological polar surface area (TPSA) is 92.7 Å². The van der Waals surface area contributed by atoms with Crippen LogP contribution in [0.3, 0.4) is 0 Å². The van der Waals surface area contributed by atoms with Crippen LogP contribution < -0.4 is 9.46 Å². The predicted octanol–water partition coefficient (Wildman–Crippen LogP) is 4.78. The molecule has 1 atom stereocenters. The van der Waals surface area contributed by atoms with Crippen LogP contribution in [0.1, 0.15) is 11.1 Å². The number of alkyl halides is 1. The number of nitrogens with one attached hydrogen (secondary N) is 1. The summed E-state index contributed by atoms with van der Waals surface area (Å²) < 4.78 is 45.3. The molecule has 0 spiro atoms. The molecular formula is C17H15Br2ClFNO5S. The molecule has 0 amide bonds. The highest BCUT2D eigenvalue weighted by Crippen LogP contribution is 2.36. The molecule has 0 saturated carbocycles. The zero-order valence-electron chi connectivity index (χ0n) is 14.4. The predicted molar refractivity (Wildman–Crippen MR) is 112 cm³/mol. The number of benzene rings is 2. The number of carboxylic acid groups (broad SMARTS) is 1. The Morgan fingerprint density at radius 2 is 1.93 bits per heavy atom. The van der Waals surface area contributed by atoms with Gasteiger partial charge in [0, 0.05) is 12.0 Å². The van der Waals surface area contributed by atoms with Crippen molar-refractivity contribution in [2.24, 2.45) is 0 Å². The van der Waals surface area contributed by atoms with E-state index in [1.165, 1.54) is 6.07 Å². The van der Waals surface area contributed by atoms with E-state index in [9.17, 15) is 17.6 Å². The first kappa shape index (κ1) is 22.9. The maximum atomic E-state index is 13.4. The lowest BCUT2D eigenvalue weighted by Crippen LogP contribution is -2.17. The average Bonchev–Trinajstić information content (AvgIpc) is 2.55. The fourth-order valence-electron chi connectivity index (χ4n) is 2.28. The number of rotatable bonds is 8. The Morgan fingerprint density at radius 3 is 2.46 bits per heavy atom. The first-order chi connectivity index (χ1) is 13.0. The van der Waals surface area contributed by atoms with Crippen LogP contribution in [-0.2, 0) is 27.8 Å². The fourth-order valence-corrected chi connectivity index (χ4v) is 4.65. The van der Waals surface area contributed by atoms with Crippen LogP contribution in [0.5, 0.6) is 5.75 Å². The quantitative estimate of drug-likeness (QED) is 0.486. The van der Waals surface area contributed by atoms with Crippen LogP contribution >= 0.6 is 43.5 Å². The van der Waals surface area contributed by atoms with E-state index in [2.05, 4.69) is 36.6 Å². The third-order valence-electron chi connectivity index (χ3n) is 3.49. The number of carboxylic acids is 1. The molecular weight excluding hydrogens is 545 g/mol. The van der Waals surface area contributed by atoms with Gasteiger partial charge >= 0.3 is 5.97 Å². The number of hydrogen-bond acceptors (Lipinski definition) is 4. The molecule has 2 rings (SSSR count). The highest BCUT2D eigenvalue weighted by Gasteiger charge is 2.19. The average molecular weight is 560 g/mol. The number of aliphatic carboxylic acids is 1. The zero-order valence-corrected chi connectivity index (χ0v) is 19.1. The van der Waals surface area contributed by atoms with Crippen LogP contribution in [0, 0.1) is 0 Å². The SMILES string of the molecule is CS(=O)(=O)Nc1cccc(COc2c(Br)cc(C[C@H](F)C(=O)O)cc2Br)c1Cl. The molecule has 2 N–H and O–H groups in total. The van der Waals surface area contributed by atoms with Gasteiger partial charge in [-0.05, 0) is 55.6 Å². The summed E-state index contributed by atoms with van der Waals surface area (Å²) in [5.74, 6) is -1.11. The van der Waals surface area contributed by atoms with Gasteiger partial charge in [0.1, 0.15) is 12.4 Å². The van der Waals surface area contributed by atoms with Crippen molar-refractivity contribution >= 4 is 65.1 Å². The standard InChI is InChI=1S/C17H15Br2ClFNO5S/c1-28(25,26)22-14-4-2-3-10(15(14)20)8-27-16-11(18)5-9(6-12(16)19)7-13(21)17(23)24/h2-6,13,22H,7-8H2,1H3,(H,23,24)/t13-/m0/s1. The van der Waals surface area contributed by atoms with Crippen LogP contribution in [0.4, 0.5) is 10.1 Å². The molecule has 0 heterocycles. The van der Waals surface area contributed by atoms with E-state index in [-0.39, 0.29) is 23.7 Å². The number of carbonyl (C=O) groups is 1. The van der Waals surface area contributed by atoms with Crippen LogP contribution in [0.2, 0.25) is 5.02 Å². The third-order valence-corrected chi connectivity index (χ3v) is 5.70. The summed E-state index contributed by atoms with van der Waals surface area (Å²) in [5.41, 5.74) is 1.26. The molecule has 0 radical (unpaired) electrons.